The highest BCUT2D eigenvalue weighted by Crippen LogP contribution is 2.16. The Morgan fingerprint density at radius 3 is 3.00 bits per heavy atom. The van der Waals surface area contributed by atoms with E-state index in [4.69, 9.17) is 0 Å². The third-order valence-corrected chi connectivity index (χ3v) is 2.03. The topological polar surface area (TPSA) is 20.3 Å². The van der Waals surface area contributed by atoms with E-state index in [1.165, 1.54) is 12.8 Å². The molecule has 0 aromatic carbocycles. The van der Waals surface area contributed by atoms with Crippen molar-refractivity contribution in [3.8, 4) is 0 Å². The lowest BCUT2D eigenvalue weighted by Gasteiger charge is -2.16. The minimum atomic E-state index is 0.544. The van der Waals surface area contributed by atoms with Gasteiger partial charge in [-0.1, -0.05) is 6.92 Å². The Kier molecular flexibility index (Phi) is 2.09. The summed E-state index contributed by atoms with van der Waals surface area (Å²) in [6.07, 6.45) is 4.48. The molecule has 2 nitrogen and oxygen atoms in total. The second-order valence-corrected chi connectivity index (χ2v) is 2.55. The Bertz CT molecular complexity index is 103. The van der Waals surface area contributed by atoms with Gasteiger partial charge in [-0.15, -0.1) is 0 Å². The maximum absolute atomic E-state index is 10.3. The van der Waals surface area contributed by atoms with E-state index in [0.29, 0.717) is 6.04 Å². The van der Waals surface area contributed by atoms with Gasteiger partial charge in [0.25, 0.3) is 0 Å². The summed E-state index contributed by atoms with van der Waals surface area (Å²) in [5.41, 5.74) is 0. The Morgan fingerprint density at radius 2 is 2.56 bits per heavy atom. The fraction of sp³-hybridized carbons (Fsp3) is 0.857. The van der Waals surface area contributed by atoms with E-state index in [0.717, 1.165) is 19.4 Å². The van der Waals surface area contributed by atoms with E-state index >= 15 is 0 Å². The molecule has 2 heteroatoms. The Balaban J connectivity index is 2.41. The second-order valence-electron chi connectivity index (χ2n) is 2.55. The lowest BCUT2D eigenvalue weighted by Crippen LogP contribution is -2.26. The van der Waals surface area contributed by atoms with Crippen LogP contribution < -0.4 is 0 Å². The van der Waals surface area contributed by atoms with Gasteiger partial charge in [0.2, 0.25) is 6.41 Å². The Morgan fingerprint density at radius 1 is 1.78 bits per heavy atom. The fourth-order valence-corrected chi connectivity index (χ4v) is 1.44. The Hall–Kier alpha value is -0.530. The van der Waals surface area contributed by atoms with Crippen molar-refractivity contribution in [2.75, 3.05) is 6.54 Å². The number of hydrogen-bond donors (Lipinski definition) is 0. The zero-order valence-electron chi connectivity index (χ0n) is 5.84. The van der Waals surface area contributed by atoms with Gasteiger partial charge in [-0.05, 0) is 19.3 Å². The molecule has 0 aliphatic carbocycles. The molecule has 1 saturated heterocycles. The summed E-state index contributed by atoms with van der Waals surface area (Å²) in [6, 6.07) is 0.544. The maximum atomic E-state index is 10.3. The molecular weight excluding hydrogens is 114 g/mol. The van der Waals surface area contributed by atoms with Crippen molar-refractivity contribution in [2.45, 2.75) is 32.2 Å². The molecule has 0 unspecified atom stereocenters. The van der Waals surface area contributed by atoms with Crippen molar-refractivity contribution in [3.05, 3.63) is 0 Å². The smallest absolute Gasteiger partial charge is 0.209 e. The first-order valence-corrected chi connectivity index (χ1v) is 3.59. The van der Waals surface area contributed by atoms with Crippen molar-refractivity contribution in [2.24, 2.45) is 0 Å². The summed E-state index contributed by atoms with van der Waals surface area (Å²) < 4.78 is 0. The highest BCUT2D eigenvalue weighted by molar-refractivity contribution is 5.48. The normalized spacial score (nSPS) is 26.8. The molecule has 0 aromatic rings. The summed E-state index contributed by atoms with van der Waals surface area (Å²) in [5, 5.41) is 0. The van der Waals surface area contributed by atoms with Crippen LogP contribution in [0.15, 0.2) is 0 Å². The highest BCUT2D eigenvalue weighted by atomic mass is 16.1. The van der Waals surface area contributed by atoms with Crippen LogP contribution in [0, 0.1) is 0 Å². The van der Waals surface area contributed by atoms with Crippen LogP contribution in [0.4, 0.5) is 0 Å². The predicted octanol–water partition coefficient (Wildman–Crippen LogP) is 1.02. The number of hydrogen-bond acceptors (Lipinski definition) is 1. The van der Waals surface area contributed by atoms with Gasteiger partial charge in [-0.25, -0.2) is 0 Å². The third kappa shape index (κ3) is 1.23. The number of carbonyl (C=O) groups excluding carboxylic acids is 1. The lowest BCUT2D eigenvalue weighted by atomic mass is 10.2. The van der Waals surface area contributed by atoms with Crippen LogP contribution in [-0.2, 0) is 4.79 Å². The number of carbonyl (C=O) groups is 1. The van der Waals surface area contributed by atoms with Gasteiger partial charge in [-0.3, -0.25) is 4.79 Å². The number of nitrogens with zero attached hydrogens (tertiary/aromatic N) is 1. The molecule has 0 saturated carbocycles. The molecule has 1 aliphatic heterocycles. The highest BCUT2D eigenvalue weighted by Gasteiger charge is 2.20. The van der Waals surface area contributed by atoms with Gasteiger partial charge in [0, 0.05) is 12.6 Å². The van der Waals surface area contributed by atoms with Gasteiger partial charge in [0.05, 0.1) is 0 Å². The fourth-order valence-electron chi connectivity index (χ4n) is 1.44. The van der Waals surface area contributed by atoms with Gasteiger partial charge in [0.1, 0.15) is 0 Å². The molecule has 1 rings (SSSR count). The molecule has 52 valence electrons. The van der Waals surface area contributed by atoms with Crippen LogP contribution in [0.3, 0.4) is 0 Å². The molecule has 1 amide bonds. The van der Waals surface area contributed by atoms with Crippen molar-refractivity contribution in [1.29, 1.82) is 0 Å². The third-order valence-electron chi connectivity index (χ3n) is 2.03. The van der Waals surface area contributed by atoms with Crippen molar-refractivity contribution >= 4 is 6.41 Å². The maximum Gasteiger partial charge on any atom is 0.209 e. The summed E-state index contributed by atoms with van der Waals surface area (Å²) in [5.74, 6) is 0. The molecule has 1 atom stereocenters. The van der Waals surface area contributed by atoms with E-state index in [-0.39, 0.29) is 0 Å². The zero-order valence-corrected chi connectivity index (χ0v) is 5.84. The first kappa shape index (κ1) is 6.59. The zero-order chi connectivity index (χ0) is 6.69. The Labute approximate surface area is 55.8 Å². The molecule has 0 aromatic heterocycles. The molecule has 1 heterocycles. The van der Waals surface area contributed by atoms with Crippen molar-refractivity contribution in [1.82, 2.24) is 4.90 Å². The lowest BCUT2D eigenvalue weighted by molar-refractivity contribution is -0.118. The summed E-state index contributed by atoms with van der Waals surface area (Å²) >= 11 is 0. The molecule has 0 N–H and O–H groups in total. The second kappa shape index (κ2) is 2.85. The SMILES string of the molecule is CC[C@@H]1CCCN1C=O. The van der Waals surface area contributed by atoms with Gasteiger partial charge in [0.15, 0.2) is 0 Å². The summed E-state index contributed by atoms with van der Waals surface area (Å²) in [6.45, 7) is 3.11. The molecule has 0 radical (unpaired) electrons. The van der Waals surface area contributed by atoms with Gasteiger partial charge in [-0.2, -0.15) is 0 Å². The van der Waals surface area contributed by atoms with Crippen LogP contribution in [0.5, 0.6) is 0 Å². The van der Waals surface area contributed by atoms with Crippen molar-refractivity contribution in [3.63, 3.8) is 0 Å². The van der Waals surface area contributed by atoms with Crippen LogP contribution in [0.1, 0.15) is 26.2 Å². The number of likely N-dealkylation sites (tertiary alicyclic amines) is 1. The van der Waals surface area contributed by atoms with Crippen LogP contribution in [0.2, 0.25) is 0 Å². The predicted molar refractivity (Wildman–Crippen MR) is 36.1 cm³/mol. The van der Waals surface area contributed by atoms with E-state index < -0.39 is 0 Å². The average Bonchev–Trinajstić information content (AvgIpc) is 2.33. The first-order chi connectivity index (χ1) is 4.38. The summed E-state index contributed by atoms with van der Waals surface area (Å²) in [7, 11) is 0. The standard InChI is InChI=1S/C7H13NO/c1-2-7-4-3-5-8(7)6-9/h6-7H,2-5H2,1H3/t7-/m1/s1. The molecular formula is C7H13NO. The van der Waals surface area contributed by atoms with Crippen LogP contribution in [-0.4, -0.2) is 23.9 Å². The molecule has 0 spiro atoms. The molecule has 0 bridgehead atoms. The molecule has 1 fully saturated rings. The van der Waals surface area contributed by atoms with Gasteiger partial charge < -0.3 is 4.90 Å². The quantitative estimate of drug-likeness (QED) is 0.507. The number of amides is 1. The van der Waals surface area contributed by atoms with E-state index in [2.05, 4.69) is 6.92 Å². The summed E-state index contributed by atoms with van der Waals surface area (Å²) in [4.78, 5) is 12.2. The average molecular weight is 127 g/mol. The number of rotatable bonds is 2. The molecule has 9 heavy (non-hydrogen) atoms. The van der Waals surface area contributed by atoms with Crippen LogP contribution >= 0.6 is 0 Å². The minimum absolute atomic E-state index is 0.544. The van der Waals surface area contributed by atoms with Crippen LogP contribution in [0.25, 0.3) is 0 Å². The van der Waals surface area contributed by atoms with Crippen molar-refractivity contribution < 1.29 is 4.79 Å². The largest absolute Gasteiger partial charge is 0.342 e. The van der Waals surface area contributed by atoms with Gasteiger partial charge >= 0.3 is 0 Å². The van der Waals surface area contributed by atoms with E-state index in [9.17, 15) is 4.79 Å². The molecule has 1 aliphatic rings. The minimum Gasteiger partial charge on any atom is -0.342 e. The van der Waals surface area contributed by atoms with E-state index in [1.807, 2.05) is 4.90 Å². The monoisotopic (exact) mass is 127 g/mol. The van der Waals surface area contributed by atoms with E-state index in [1.54, 1.807) is 0 Å². The first-order valence-electron chi connectivity index (χ1n) is 3.59.